The van der Waals surface area contributed by atoms with Crippen LogP contribution in [0.5, 0.6) is 0 Å². The first-order chi connectivity index (χ1) is 12.9. The van der Waals surface area contributed by atoms with Crippen LogP contribution in [0, 0.1) is 5.92 Å². The maximum Gasteiger partial charge on any atom is 0.226 e. The standard InChI is InChI=1S/C22H35N3OS/c1-22(2,3)27-24-19-9-7-17(8-10-19)16-23-18-11-13-20(14-12-18)25-15-5-4-6-21(25)26/h11-14,17,19,23-24H,4-10,15-16H2,1-3H3. The molecular formula is C22H35N3OS. The largest absolute Gasteiger partial charge is 0.385 e. The van der Waals surface area contributed by atoms with Gasteiger partial charge in [-0.05, 0) is 89.5 Å². The number of rotatable bonds is 6. The fourth-order valence-corrected chi connectivity index (χ4v) is 4.60. The minimum atomic E-state index is 0.261. The number of carbonyl (C=O) groups is 1. The number of anilines is 2. The van der Waals surface area contributed by atoms with Crippen LogP contribution in [0.15, 0.2) is 24.3 Å². The van der Waals surface area contributed by atoms with Gasteiger partial charge < -0.3 is 10.2 Å². The molecule has 1 aliphatic carbocycles. The van der Waals surface area contributed by atoms with Gasteiger partial charge in [-0.25, -0.2) is 0 Å². The summed E-state index contributed by atoms with van der Waals surface area (Å²) in [5.74, 6) is 1.02. The molecule has 2 aliphatic rings. The van der Waals surface area contributed by atoms with Gasteiger partial charge in [0.2, 0.25) is 5.91 Å². The number of nitrogens with zero attached hydrogens (tertiary/aromatic N) is 1. The fraction of sp³-hybridized carbons (Fsp3) is 0.682. The summed E-state index contributed by atoms with van der Waals surface area (Å²) in [5.41, 5.74) is 2.19. The van der Waals surface area contributed by atoms with Crippen molar-refractivity contribution in [2.24, 2.45) is 5.92 Å². The molecule has 0 aromatic heterocycles. The van der Waals surface area contributed by atoms with Crippen molar-refractivity contribution in [1.82, 2.24) is 4.72 Å². The molecule has 5 heteroatoms. The average molecular weight is 390 g/mol. The van der Waals surface area contributed by atoms with Crippen molar-refractivity contribution in [2.45, 2.75) is 76.5 Å². The third kappa shape index (κ3) is 6.42. The number of amides is 1. The van der Waals surface area contributed by atoms with E-state index in [0.717, 1.165) is 43.2 Å². The van der Waals surface area contributed by atoms with Crippen LogP contribution < -0.4 is 14.9 Å². The number of piperidine rings is 1. The van der Waals surface area contributed by atoms with E-state index in [1.807, 2.05) is 16.8 Å². The summed E-state index contributed by atoms with van der Waals surface area (Å²) in [5, 5.41) is 3.60. The summed E-state index contributed by atoms with van der Waals surface area (Å²) < 4.78 is 3.94. The molecule has 1 aromatic rings. The molecular weight excluding hydrogens is 354 g/mol. The maximum atomic E-state index is 12.0. The number of hydrogen-bond donors (Lipinski definition) is 2. The lowest BCUT2D eigenvalue weighted by Crippen LogP contribution is -2.35. The fourth-order valence-electron chi connectivity index (χ4n) is 3.84. The van der Waals surface area contributed by atoms with E-state index in [0.29, 0.717) is 12.5 Å². The smallest absolute Gasteiger partial charge is 0.226 e. The van der Waals surface area contributed by atoms with Gasteiger partial charge >= 0.3 is 0 Å². The van der Waals surface area contributed by atoms with Crippen LogP contribution in [0.1, 0.15) is 65.7 Å². The van der Waals surface area contributed by atoms with E-state index in [1.54, 1.807) is 0 Å². The molecule has 4 nitrogen and oxygen atoms in total. The molecule has 0 radical (unpaired) electrons. The summed E-state index contributed by atoms with van der Waals surface area (Å²) in [7, 11) is 0. The second-order valence-corrected chi connectivity index (χ2v) is 10.6. The number of benzene rings is 1. The first-order valence-corrected chi connectivity index (χ1v) is 11.3. The molecule has 1 aromatic carbocycles. The van der Waals surface area contributed by atoms with E-state index in [9.17, 15) is 4.79 Å². The monoisotopic (exact) mass is 389 g/mol. The van der Waals surface area contributed by atoms with Crippen molar-refractivity contribution < 1.29 is 4.79 Å². The summed E-state index contributed by atoms with van der Waals surface area (Å²) in [4.78, 5) is 14.0. The molecule has 3 rings (SSSR count). The Labute approximate surface area is 169 Å². The van der Waals surface area contributed by atoms with Crippen molar-refractivity contribution in [1.29, 1.82) is 0 Å². The lowest BCUT2D eigenvalue weighted by atomic mass is 9.86. The summed E-state index contributed by atoms with van der Waals surface area (Å²) >= 11 is 1.87. The summed E-state index contributed by atoms with van der Waals surface area (Å²) in [6.07, 6.45) is 7.94. The Balaban J connectivity index is 1.40. The van der Waals surface area contributed by atoms with Crippen molar-refractivity contribution in [3.05, 3.63) is 24.3 Å². The highest BCUT2D eigenvalue weighted by atomic mass is 32.2. The average Bonchev–Trinajstić information content (AvgIpc) is 2.66. The minimum absolute atomic E-state index is 0.261. The lowest BCUT2D eigenvalue weighted by Gasteiger charge is -2.31. The SMILES string of the molecule is CC(C)(C)SNC1CCC(CNc2ccc(N3CCCCC3=O)cc2)CC1. The molecule has 27 heavy (non-hydrogen) atoms. The van der Waals surface area contributed by atoms with Crippen molar-refractivity contribution in [2.75, 3.05) is 23.3 Å². The van der Waals surface area contributed by atoms with Crippen molar-refractivity contribution in [3.63, 3.8) is 0 Å². The Bertz CT molecular complexity index is 603. The van der Waals surface area contributed by atoms with E-state index in [-0.39, 0.29) is 10.7 Å². The Kier molecular flexibility index (Phi) is 7.10. The van der Waals surface area contributed by atoms with Crippen LogP contribution in [-0.2, 0) is 4.79 Å². The molecule has 0 unspecified atom stereocenters. The van der Waals surface area contributed by atoms with Gasteiger partial charge in [0.25, 0.3) is 0 Å². The van der Waals surface area contributed by atoms with E-state index in [4.69, 9.17) is 0 Å². The molecule has 0 atom stereocenters. The van der Waals surface area contributed by atoms with Gasteiger partial charge in [-0.2, -0.15) is 0 Å². The predicted molar refractivity (Wildman–Crippen MR) is 117 cm³/mol. The van der Waals surface area contributed by atoms with Gasteiger partial charge in [0.1, 0.15) is 0 Å². The Morgan fingerprint density at radius 2 is 1.78 bits per heavy atom. The molecule has 0 bridgehead atoms. The molecule has 1 aliphatic heterocycles. The van der Waals surface area contributed by atoms with Crippen molar-refractivity contribution >= 4 is 29.2 Å². The van der Waals surface area contributed by atoms with E-state index < -0.39 is 0 Å². The van der Waals surface area contributed by atoms with Gasteiger partial charge in [-0.1, -0.05) is 11.9 Å². The van der Waals surface area contributed by atoms with Crippen LogP contribution in [0.25, 0.3) is 0 Å². The van der Waals surface area contributed by atoms with Gasteiger partial charge in [-0.3, -0.25) is 9.52 Å². The molecule has 1 saturated carbocycles. The number of nitrogens with one attached hydrogen (secondary N) is 2. The zero-order chi connectivity index (χ0) is 19.3. The Morgan fingerprint density at radius 3 is 2.41 bits per heavy atom. The zero-order valence-corrected chi connectivity index (χ0v) is 17.9. The van der Waals surface area contributed by atoms with E-state index in [1.165, 1.54) is 25.7 Å². The quantitative estimate of drug-likeness (QED) is 0.656. The third-order valence-electron chi connectivity index (χ3n) is 5.48. The highest BCUT2D eigenvalue weighted by Crippen LogP contribution is 2.29. The van der Waals surface area contributed by atoms with Gasteiger partial charge in [0.15, 0.2) is 0 Å². The normalized spacial score (nSPS) is 24.1. The van der Waals surface area contributed by atoms with Crippen LogP contribution in [-0.4, -0.2) is 29.8 Å². The molecule has 2 N–H and O–H groups in total. The van der Waals surface area contributed by atoms with Crippen LogP contribution in [0.3, 0.4) is 0 Å². The van der Waals surface area contributed by atoms with Crippen LogP contribution in [0.2, 0.25) is 0 Å². The molecule has 150 valence electrons. The minimum Gasteiger partial charge on any atom is -0.385 e. The summed E-state index contributed by atoms with van der Waals surface area (Å²) in [6, 6.07) is 9.05. The third-order valence-corrected chi connectivity index (χ3v) is 6.54. The summed E-state index contributed by atoms with van der Waals surface area (Å²) in [6.45, 7) is 8.67. The molecule has 1 heterocycles. The zero-order valence-electron chi connectivity index (χ0n) is 17.1. The van der Waals surface area contributed by atoms with Gasteiger partial charge in [0, 0.05) is 41.7 Å². The molecule has 1 saturated heterocycles. The molecule has 0 spiro atoms. The number of hydrogen-bond acceptors (Lipinski definition) is 4. The predicted octanol–water partition coefficient (Wildman–Crippen LogP) is 5.21. The molecule has 1 amide bonds. The van der Waals surface area contributed by atoms with Gasteiger partial charge in [-0.15, -0.1) is 0 Å². The second-order valence-electron chi connectivity index (χ2n) is 8.98. The lowest BCUT2D eigenvalue weighted by molar-refractivity contribution is -0.119. The van der Waals surface area contributed by atoms with E-state index >= 15 is 0 Å². The van der Waals surface area contributed by atoms with E-state index in [2.05, 4.69) is 55.1 Å². The highest BCUT2D eigenvalue weighted by Gasteiger charge is 2.23. The first kappa shape index (κ1) is 20.5. The number of carbonyl (C=O) groups excluding carboxylic acids is 1. The topological polar surface area (TPSA) is 44.4 Å². The molecule has 2 fully saturated rings. The first-order valence-electron chi connectivity index (χ1n) is 10.5. The Hall–Kier alpha value is -1.20. The van der Waals surface area contributed by atoms with Crippen LogP contribution in [0.4, 0.5) is 11.4 Å². The van der Waals surface area contributed by atoms with Crippen molar-refractivity contribution in [3.8, 4) is 0 Å². The Morgan fingerprint density at radius 1 is 1.07 bits per heavy atom. The van der Waals surface area contributed by atoms with Crippen LogP contribution >= 0.6 is 11.9 Å². The second kappa shape index (κ2) is 9.33. The highest BCUT2D eigenvalue weighted by molar-refractivity contribution is 7.98. The van der Waals surface area contributed by atoms with Gasteiger partial charge in [0.05, 0.1) is 0 Å². The maximum absolute atomic E-state index is 12.0.